The summed E-state index contributed by atoms with van der Waals surface area (Å²) in [7, 11) is 0. The lowest BCUT2D eigenvalue weighted by Crippen LogP contribution is -1.99. The van der Waals surface area contributed by atoms with E-state index in [1.165, 1.54) is 5.56 Å². The van der Waals surface area contributed by atoms with Gasteiger partial charge in [0.1, 0.15) is 0 Å². The van der Waals surface area contributed by atoms with E-state index in [2.05, 4.69) is 30.6 Å². The van der Waals surface area contributed by atoms with Crippen LogP contribution in [0.15, 0.2) is 48.0 Å². The van der Waals surface area contributed by atoms with Crippen LogP contribution in [0.3, 0.4) is 0 Å². The van der Waals surface area contributed by atoms with E-state index >= 15 is 0 Å². The maximum atomic E-state index is 4.43. The first kappa shape index (κ1) is 9.72. The molecule has 0 unspecified atom stereocenters. The maximum absolute atomic E-state index is 4.43. The predicted molar refractivity (Wildman–Crippen MR) is 58.3 cm³/mol. The van der Waals surface area contributed by atoms with Crippen LogP contribution in [0, 0.1) is 0 Å². The Kier molecular flexibility index (Phi) is 3.97. The van der Waals surface area contributed by atoms with Gasteiger partial charge in [0.15, 0.2) is 0 Å². The van der Waals surface area contributed by atoms with Crippen LogP contribution in [-0.4, -0.2) is 12.3 Å². The van der Waals surface area contributed by atoms with Crippen molar-refractivity contribution in [3.05, 3.63) is 48.6 Å². The standard InChI is InChI=1S/C12H15N/c1-3-10-13-12(4-2)11-8-6-5-7-9-11/h3,5-9H,1,4,10H2,2H3. The molecule has 1 aromatic rings. The lowest BCUT2D eigenvalue weighted by atomic mass is 10.1. The van der Waals surface area contributed by atoms with Gasteiger partial charge in [0, 0.05) is 5.71 Å². The van der Waals surface area contributed by atoms with E-state index in [1.54, 1.807) is 0 Å². The molecule has 0 spiro atoms. The molecule has 1 heteroatoms. The number of benzene rings is 1. The van der Waals surface area contributed by atoms with Crippen LogP contribution in [0.25, 0.3) is 0 Å². The van der Waals surface area contributed by atoms with Crippen molar-refractivity contribution in [3.63, 3.8) is 0 Å². The van der Waals surface area contributed by atoms with Gasteiger partial charge in [-0.15, -0.1) is 6.58 Å². The molecular formula is C12H15N. The third-order valence-electron chi connectivity index (χ3n) is 1.85. The van der Waals surface area contributed by atoms with Crippen molar-refractivity contribution < 1.29 is 0 Å². The van der Waals surface area contributed by atoms with E-state index in [1.807, 2.05) is 24.3 Å². The third kappa shape index (κ3) is 2.86. The van der Waals surface area contributed by atoms with Crippen LogP contribution in [0.1, 0.15) is 18.9 Å². The first-order chi connectivity index (χ1) is 6.38. The van der Waals surface area contributed by atoms with Crippen LogP contribution in [0.2, 0.25) is 0 Å². The Hall–Kier alpha value is -1.37. The molecule has 0 saturated carbocycles. The summed E-state index contributed by atoms with van der Waals surface area (Å²) in [6.07, 6.45) is 2.79. The minimum atomic E-state index is 0.706. The van der Waals surface area contributed by atoms with Crippen molar-refractivity contribution in [1.82, 2.24) is 0 Å². The highest BCUT2D eigenvalue weighted by Crippen LogP contribution is 2.04. The van der Waals surface area contributed by atoms with Gasteiger partial charge in [-0.05, 0) is 12.0 Å². The molecule has 0 atom stereocenters. The molecule has 0 radical (unpaired) electrons. The zero-order valence-corrected chi connectivity index (χ0v) is 8.03. The van der Waals surface area contributed by atoms with Crippen molar-refractivity contribution in [3.8, 4) is 0 Å². The second-order valence-corrected chi connectivity index (χ2v) is 2.80. The highest BCUT2D eigenvalue weighted by molar-refractivity contribution is 6.00. The first-order valence-electron chi connectivity index (χ1n) is 4.58. The molecule has 0 aromatic heterocycles. The first-order valence-corrected chi connectivity index (χ1v) is 4.58. The molecule has 0 aliphatic carbocycles. The van der Waals surface area contributed by atoms with E-state index in [0.717, 1.165) is 12.1 Å². The van der Waals surface area contributed by atoms with Crippen LogP contribution in [-0.2, 0) is 0 Å². The Morgan fingerprint density at radius 2 is 2.08 bits per heavy atom. The largest absolute Gasteiger partial charge is 0.285 e. The van der Waals surface area contributed by atoms with Crippen LogP contribution < -0.4 is 0 Å². The highest BCUT2D eigenvalue weighted by atomic mass is 14.7. The summed E-state index contributed by atoms with van der Waals surface area (Å²) in [5, 5.41) is 0. The molecule has 0 saturated heterocycles. The molecule has 0 amide bonds. The third-order valence-corrected chi connectivity index (χ3v) is 1.85. The van der Waals surface area contributed by atoms with E-state index in [9.17, 15) is 0 Å². The summed E-state index contributed by atoms with van der Waals surface area (Å²) in [5.74, 6) is 0. The second-order valence-electron chi connectivity index (χ2n) is 2.80. The van der Waals surface area contributed by atoms with Gasteiger partial charge in [0.2, 0.25) is 0 Å². The second kappa shape index (κ2) is 5.31. The summed E-state index contributed by atoms with van der Waals surface area (Å²) in [6.45, 7) is 6.48. The van der Waals surface area contributed by atoms with Gasteiger partial charge in [0.05, 0.1) is 6.54 Å². The van der Waals surface area contributed by atoms with Crippen molar-refractivity contribution in [1.29, 1.82) is 0 Å². The Morgan fingerprint density at radius 3 is 2.62 bits per heavy atom. The van der Waals surface area contributed by atoms with Gasteiger partial charge in [-0.2, -0.15) is 0 Å². The van der Waals surface area contributed by atoms with Gasteiger partial charge in [-0.3, -0.25) is 4.99 Å². The molecule has 68 valence electrons. The summed E-state index contributed by atoms with van der Waals surface area (Å²) in [5.41, 5.74) is 2.37. The van der Waals surface area contributed by atoms with Gasteiger partial charge in [-0.25, -0.2) is 0 Å². The monoisotopic (exact) mass is 173 g/mol. The average molecular weight is 173 g/mol. The summed E-state index contributed by atoms with van der Waals surface area (Å²) < 4.78 is 0. The smallest absolute Gasteiger partial charge is 0.0571 e. The molecule has 0 N–H and O–H groups in total. The Bertz CT molecular complexity index is 285. The fraction of sp³-hybridized carbons (Fsp3) is 0.250. The number of hydrogen-bond acceptors (Lipinski definition) is 1. The molecule has 0 aliphatic heterocycles. The van der Waals surface area contributed by atoms with E-state index in [4.69, 9.17) is 0 Å². The SMILES string of the molecule is C=CCN=C(CC)c1ccccc1. The minimum Gasteiger partial charge on any atom is -0.285 e. The number of hydrogen-bond donors (Lipinski definition) is 0. The predicted octanol–water partition coefficient (Wildman–Crippen LogP) is 3.07. The van der Waals surface area contributed by atoms with Crippen molar-refractivity contribution in [2.75, 3.05) is 6.54 Å². The molecule has 0 fully saturated rings. The lowest BCUT2D eigenvalue weighted by Gasteiger charge is -2.02. The highest BCUT2D eigenvalue weighted by Gasteiger charge is 1.97. The number of aliphatic imine (C=N–C) groups is 1. The zero-order valence-electron chi connectivity index (χ0n) is 8.03. The fourth-order valence-electron chi connectivity index (χ4n) is 1.21. The number of nitrogens with zero attached hydrogens (tertiary/aromatic N) is 1. The van der Waals surface area contributed by atoms with Gasteiger partial charge in [-0.1, -0.05) is 43.3 Å². The normalized spacial score (nSPS) is 11.3. The van der Waals surface area contributed by atoms with E-state index < -0.39 is 0 Å². The van der Waals surface area contributed by atoms with Crippen LogP contribution in [0.5, 0.6) is 0 Å². The minimum absolute atomic E-state index is 0.706. The lowest BCUT2D eigenvalue weighted by molar-refractivity contribution is 1.18. The summed E-state index contributed by atoms with van der Waals surface area (Å²) in [4.78, 5) is 4.43. The van der Waals surface area contributed by atoms with E-state index in [0.29, 0.717) is 6.54 Å². The molecule has 13 heavy (non-hydrogen) atoms. The Balaban J connectivity index is 2.84. The Labute approximate surface area is 79.8 Å². The number of rotatable bonds is 4. The van der Waals surface area contributed by atoms with E-state index in [-0.39, 0.29) is 0 Å². The molecule has 1 nitrogen and oxygen atoms in total. The molecule has 0 aliphatic rings. The van der Waals surface area contributed by atoms with Crippen LogP contribution >= 0.6 is 0 Å². The molecule has 0 bridgehead atoms. The molecule has 1 aromatic carbocycles. The maximum Gasteiger partial charge on any atom is 0.0571 e. The van der Waals surface area contributed by atoms with Crippen molar-refractivity contribution in [2.24, 2.45) is 4.99 Å². The van der Waals surface area contributed by atoms with Gasteiger partial charge < -0.3 is 0 Å². The van der Waals surface area contributed by atoms with Crippen molar-refractivity contribution in [2.45, 2.75) is 13.3 Å². The fourth-order valence-corrected chi connectivity index (χ4v) is 1.21. The molecule has 1 rings (SSSR count). The van der Waals surface area contributed by atoms with Gasteiger partial charge in [0.25, 0.3) is 0 Å². The summed E-state index contributed by atoms with van der Waals surface area (Å²) in [6, 6.07) is 10.3. The molecule has 0 heterocycles. The van der Waals surface area contributed by atoms with Crippen LogP contribution in [0.4, 0.5) is 0 Å². The zero-order chi connectivity index (χ0) is 9.52. The van der Waals surface area contributed by atoms with Crippen molar-refractivity contribution >= 4 is 5.71 Å². The average Bonchev–Trinajstić information content (AvgIpc) is 2.21. The Morgan fingerprint density at radius 1 is 1.38 bits per heavy atom. The topological polar surface area (TPSA) is 12.4 Å². The quantitative estimate of drug-likeness (QED) is 0.490. The van der Waals surface area contributed by atoms with Gasteiger partial charge >= 0.3 is 0 Å². The molecular weight excluding hydrogens is 158 g/mol. The summed E-state index contributed by atoms with van der Waals surface area (Å²) >= 11 is 0.